The summed E-state index contributed by atoms with van der Waals surface area (Å²) in [4.78, 5) is 15.2. The van der Waals surface area contributed by atoms with Crippen molar-refractivity contribution in [2.45, 2.75) is 39.9 Å². The minimum absolute atomic E-state index is 0.0940. The van der Waals surface area contributed by atoms with Crippen LogP contribution in [0.3, 0.4) is 0 Å². The van der Waals surface area contributed by atoms with Crippen molar-refractivity contribution in [3.63, 3.8) is 0 Å². The molecule has 8 heteroatoms. The number of piperidine rings is 1. The lowest BCUT2D eigenvalue weighted by atomic mass is 9.91. The summed E-state index contributed by atoms with van der Waals surface area (Å²) in [5.41, 5.74) is 3.22. The van der Waals surface area contributed by atoms with Gasteiger partial charge in [0, 0.05) is 36.8 Å². The first-order valence-electron chi connectivity index (χ1n) is 11.4. The molecule has 2 N–H and O–H groups in total. The molecule has 174 valence electrons. The number of amides is 1. The molecule has 0 radical (unpaired) electrons. The highest BCUT2D eigenvalue weighted by Gasteiger charge is 2.21. The largest absolute Gasteiger partial charge is 0.350 e. The summed E-state index contributed by atoms with van der Waals surface area (Å²) in [6, 6.07) is 15.8. The Balaban J connectivity index is 1.32. The van der Waals surface area contributed by atoms with Crippen molar-refractivity contribution in [1.82, 2.24) is 25.0 Å². The fourth-order valence-electron chi connectivity index (χ4n) is 4.63. The molecule has 0 bridgehead atoms. The summed E-state index contributed by atoms with van der Waals surface area (Å²) in [5, 5.41) is 10.7. The van der Waals surface area contributed by atoms with E-state index in [-0.39, 0.29) is 12.5 Å². The maximum Gasteiger partial charge on any atom is 0.240 e. The maximum absolute atomic E-state index is 12.6. The van der Waals surface area contributed by atoms with Crippen LogP contribution in [0.5, 0.6) is 0 Å². The van der Waals surface area contributed by atoms with E-state index in [4.69, 9.17) is 23.8 Å². The monoisotopic (exact) mass is 483 g/mol. The van der Waals surface area contributed by atoms with Crippen LogP contribution in [0.25, 0.3) is 11.4 Å². The first-order valence-corrected chi connectivity index (χ1v) is 12.1. The van der Waals surface area contributed by atoms with Gasteiger partial charge in [-0.1, -0.05) is 49.7 Å². The number of carbonyl (C=O) groups is 1. The van der Waals surface area contributed by atoms with Gasteiger partial charge in [0.05, 0.1) is 0 Å². The molecule has 33 heavy (non-hydrogen) atoms. The van der Waals surface area contributed by atoms with Gasteiger partial charge in [-0.15, -0.1) is 0 Å². The summed E-state index contributed by atoms with van der Waals surface area (Å²) in [5.74, 6) is 2.00. The molecule has 4 rings (SSSR count). The molecule has 1 saturated heterocycles. The number of aromatic amines is 1. The molecule has 0 aliphatic carbocycles. The summed E-state index contributed by atoms with van der Waals surface area (Å²) >= 11 is 11.3. The molecule has 3 aromatic rings. The van der Waals surface area contributed by atoms with Gasteiger partial charge in [-0.25, -0.2) is 0 Å². The Morgan fingerprint density at radius 1 is 1.09 bits per heavy atom. The van der Waals surface area contributed by atoms with Gasteiger partial charge in [0.1, 0.15) is 6.54 Å². The number of halogens is 1. The van der Waals surface area contributed by atoms with Crippen molar-refractivity contribution in [2.24, 2.45) is 11.8 Å². The number of nitrogens with one attached hydrogen (secondary N) is 2. The minimum Gasteiger partial charge on any atom is -0.350 e. The quantitative estimate of drug-likeness (QED) is 0.461. The molecule has 1 aliphatic rings. The van der Waals surface area contributed by atoms with E-state index in [0.29, 0.717) is 22.2 Å². The van der Waals surface area contributed by atoms with Crippen molar-refractivity contribution in [3.05, 3.63) is 69.5 Å². The second-order valence-electron chi connectivity index (χ2n) is 9.18. The Bertz CT molecular complexity index is 1130. The fraction of sp³-hybridized carbons (Fsp3) is 0.400. The molecule has 6 nitrogen and oxygen atoms in total. The molecule has 2 heterocycles. The number of carbonyl (C=O) groups excluding carboxylic acids is 1. The van der Waals surface area contributed by atoms with E-state index in [9.17, 15) is 4.79 Å². The van der Waals surface area contributed by atoms with Crippen LogP contribution in [-0.2, 0) is 24.4 Å². The predicted molar refractivity (Wildman–Crippen MR) is 134 cm³/mol. The van der Waals surface area contributed by atoms with Gasteiger partial charge in [0.15, 0.2) is 10.6 Å². The van der Waals surface area contributed by atoms with E-state index in [0.717, 1.165) is 42.6 Å². The highest BCUT2D eigenvalue weighted by atomic mass is 35.5. The van der Waals surface area contributed by atoms with Crippen LogP contribution >= 0.6 is 23.8 Å². The second-order valence-corrected chi connectivity index (χ2v) is 10.0. The molecular weight excluding hydrogens is 454 g/mol. The van der Waals surface area contributed by atoms with E-state index in [1.165, 1.54) is 12.0 Å². The Morgan fingerprint density at radius 2 is 1.73 bits per heavy atom. The molecule has 0 saturated carbocycles. The van der Waals surface area contributed by atoms with Crippen LogP contribution in [0.1, 0.15) is 31.4 Å². The van der Waals surface area contributed by atoms with Gasteiger partial charge in [0.2, 0.25) is 5.91 Å². The van der Waals surface area contributed by atoms with Crippen LogP contribution < -0.4 is 5.32 Å². The fourth-order valence-corrected chi connectivity index (χ4v) is 4.95. The lowest BCUT2D eigenvalue weighted by Crippen LogP contribution is -2.38. The lowest BCUT2D eigenvalue weighted by molar-refractivity contribution is -0.121. The predicted octanol–water partition coefficient (Wildman–Crippen LogP) is 5.06. The van der Waals surface area contributed by atoms with Gasteiger partial charge < -0.3 is 5.32 Å². The Labute approximate surface area is 205 Å². The van der Waals surface area contributed by atoms with Gasteiger partial charge >= 0.3 is 0 Å². The zero-order valence-electron chi connectivity index (χ0n) is 19.1. The zero-order chi connectivity index (χ0) is 23.4. The second kappa shape index (κ2) is 10.6. The van der Waals surface area contributed by atoms with Crippen molar-refractivity contribution >= 4 is 29.7 Å². The van der Waals surface area contributed by atoms with Gasteiger partial charge in [-0.2, -0.15) is 5.10 Å². The van der Waals surface area contributed by atoms with E-state index in [1.54, 1.807) is 16.7 Å². The van der Waals surface area contributed by atoms with Crippen LogP contribution in [0.4, 0.5) is 0 Å². The van der Waals surface area contributed by atoms with Crippen LogP contribution in [0.15, 0.2) is 48.5 Å². The summed E-state index contributed by atoms with van der Waals surface area (Å²) in [7, 11) is 0. The number of benzene rings is 2. The number of likely N-dealkylation sites (tertiary alicyclic amines) is 1. The first kappa shape index (κ1) is 23.7. The zero-order valence-corrected chi connectivity index (χ0v) is 20.6. The van der Waals surface area contributed by atoms with Crippen LogP contribution in [0, 0.1) is 16.6 Å². The van der Waals surface area contributed by atoms with Crippen molar-refractivity contribution < 1.29 is 4.79 Å². The Hall–Kier alpha value is -2.48. The van der Waals surface area contributed by atoms with E-state index >= 15 is 0 Å². The molecule has 2 aromatic carbocycles. The SMILES string of the molecule is CC1CC(C)CN(Cc2ccc(CNC(=O)Cn3c(-c4ccc(Cl)cc4)n[nH]c3=S)cc2)C1. The lowest BCUT2D eigenvalue weighted by Gasteiger charge is -2.35. The third kappa shape index (κ3) is 6.31. The number of H-pyrrole nitrogens is 1. The molecule has 1 aromatic heterocycles. The third-order valence-electron chi connectivity index (χ3n) is 6.03. The van der Waals surface area contributed by atoms with Gasteiger partial charge in [-0.3, -0.25) is 19.4 Å². The molecular formula is C25H30ClN5OS. The summed E-state index contributed by atoms with van der Waals surface area (Å²) in [6.45, 7) is 8.54. The average molecular weight is 484 g/mol. The van der Waals surface area contributed by atoms with Crippen LogP contribution in [0.2, 0.25) is 5.02 Å². The smallest absolute Gasteiger partial charge is 0.240 e. The number of nitrogens with zero attached hydrogens (tertiary/aromatic N) is 3. The van der Waals surface area contributed by atoms with Gasteiger partial charge in [-0.05, 0) is 65.9 Å². The maximum atomic E-state index is 12.6. The van der Waals surface area contributed by atoms with Gasteiger partial charge in [0.25, 0.3) is 0 Å². The first-order chi connectivity index (χ1) is 15.9. The van der Waals surface area contributed by atoms with Crippen LogP contribution in [-0.4, -0.2) is 38.7 Å². The number of rotatable bonds is 7. The van der Waals surface area contributed by atoms with Crippen molar-refractivity contribution in [3.8, 4) is 11.4 Å². The normalized spacial score (nSPS) is 18.9. The highest BCUT2D eigenvalue weighted by Crippen LogP contribution is 2.23. The summed E-state index contributed by atoms with van der Waals surface area (Å²) in [6.07, 6.45) is 1.32. The minimum atomic E-state index is -0.122. The van der Waals surface area contributed by atoms with E-state index in [1.807, 2.05) is 12.1 Å². The van der Waals surface area contributed by atoms with Crippen molar-refractivity contribution in [1.29, 1.82) is 0 Å². The average Bonchev–Trinajstić information content (AvgIpc) is 3.13. The molecule has 1 fully saturated rings. The summed E-state index contributed by atoms with van der Waals surface area (Å²) < 4.78 is 2.10. The van der Waals surface area contributed by atoms with E-state index < -0.39 is 0 Å². The topological polar surface area (TPSA) is 66.0 Å². The Morgan fingerprint density at radius 3 is 2.39 bits per heavy atom. The third-order valence-corrected chi connectivity index (χ3v) is 6.59. The molecule has 1 amide bonds. The molecule has 2 atom stereocenters. The number of hydrogen-bond donors (Lipinski definition) is 2. The van der Waals surface area contributed by atoms with E-state index in [2.05, 4.69) is 58.5 Å². The standard InChI is InChI=1S/C25H30ClN5OS/c1-17-11-18(2)14-30(13-17)15-20-5-3-19(4-6-20)12-27-23(32)16-31-24(28-29-25(31)33)21-7-9-22(26)10-8-21/h3-10,17-18H,11-16H2,1-2H3,(H,27,32)(H,29,33). The number of aromatic nitrogens is 3. The van der Waals surface area contributed by atoms with Crippen molar-refractivity contribution in [2.75, 3.05) is 13.1 Å². The number of hydrogen-bond acceptors (Lipinski definition) is 4. The molecule has 2 unspecified atom stereocenters. The Kier molecular flexibility index (Phi) is 7.63. The highest BCUT2D eigenvalue weighted by molar-refractivity contribution is 7.71. The molecule has 1 aliphatic heterocycles. The molecule has 0 spiro atoms.